The molecule has 0 saturated carbocycles. The van der Waals surface area contributed by atoms with Crippen LogP contribution in [0.1, 0.15) is 29.5 Å². The maximum Gasteiger partial charge on any atom is 0.417 e. The number of fused-ring (bicyclic) bond motifs is 1. The molecule has 0 aliphatic heterocycles. The van der Waals surface area contributed by atoms with Gasteiger partial charge in [-0.05, 0) is 72.2 Å². The van der Waals surface area contributed by atoms with Gasteiger partial charge in [-0.15, -0.1) is 0 Å². The van der Waals surface area contributed by atoms with E-state index in [4.69, 9.17) is 5.73 Å². The molecule has 0 amide bonds. The lowest BCUT2D eigenvalue weighted by atomic mass is 9.96. The van der Waals surface area contributed by atoms with E-state index < -0.39 is 23.5 Å². The van der Waals surface area contributed by atoms with Crippen LogP contribution < -0.4 is 5.73 Å². The van der Waals surface area contributed by atoms with Crippen LogP contribution in [-0.2, 0) is 18.8 Å². The van der Waals surface area contributed by atoms with Crippen LogP contribution in [0, 0.1) is 3.57 Å². The Labute approximate surface area is 176 Å². The number of halogens is 7. The van der Waals surface area contributed by atoms with Crippen LogP contribution in [0.15, 0.2) is 36.4 Å². The third kappa shape index (κ3) is 4.55. The molecule has 156 valence electrons. The largest absolute Gasteiger partial charge is 0.417 e. The van der Waals surface area contributed by atoms with E-state index in [1.54, 1.807) is 24.3 Å². The molecular formula is C20H17F6IN2. The molecule has 0 saturated heterocycles. The molecule has 0 spiro atoms. The van der Waals surface area contributed by atoms with E-state index in [-0.39, 0.29) is 23.4 Å². The molecule has 0 fully saturated rings. The van der Waals surface area contributed by atoms with Gasteiger partial charge in [-0.25, -0.2) is 0 Å². The fraction of sp³-hybridized carbons (Fsp3) is 0.300. The summed E-state index contributed by atoms with van der Waals surface area (Å²) in [6.07, 6.45) is -8.42. The van der Waals surface area contributed by atoms with Gasteiger partial charge in [-0.2, -0.15) is 26.3 Å². The monoisotopic (exact) mass is 526 g/mol. The van der Waals surface area contributed by atoms with Gasteiger partial charge < -0.3 is 10.7 Å². The SMILES string of the molecule is NCCCCc1c(-c2ccccc2I)[nH]c2cc(C(F)(F)F)cc(C(F)(F)F)c12. The van der Waals surface area contributed by atoms with Crippen molar-refractivity contribution in [2.24, 2.45) is 5.73 Å². The molecule has 1 heterocycles. The highest BCUT2D eigenvalue weighted by atomic mass is 127. The van der Waals surface area contributed by atoms with Gasteiger partial charge in [0.2, 0.25) is 0 Å². The summed E-state index contributed by atoms with van der Waals surface area (Å²) in [5.41, 5.74) is 4.14. The number of aryl methyl sites for hydroxylation is 1. The second-order valence-electron chi connectivity index (χ2n) is 6.65. The first-order valence-corrected chi connectivity index (χ1v) is 9.90. The topological polar surface area (TPSA) is 41.8 Å². The van der Waals surface area contributed by atoms with Crippen LogP contribution in [0.5, 0.6) is 0 Å². The van der Waals surface area contributed by atoms with Crippen molar-refractivity contribution in [1.29, 1.82) is 0 Å². The first kappa shape index (κ1) is 21.9. The Bertz CT molecular complexity index is 1020. The second-order valence-corrected chi connectivity index (χ2v) is 7.81. The second kappa shape index (κ2) is 8.17. The van der Waals surface area contributed by atoms with E-state index in [1.165, 1.54) is 0 Å². The summed E-state index contributed by atoms with van der Waals surface area (Å²) in [5.74, 6) is 0. The Hall–Kier alpha value is -1.75. The van der Waals surface area contributed by atoms with Crippen LogP contribution in [0.25, 0.3) is 22.2 Å². The van der Waals surface area contributed by atoms with Crippen LogP contribution in [0.3, 0.4) is 0 Å². The lowest BCUT2D eigenvalue weighted by Crippen LogP contribution is -2.11. The minimum absolute atomic E-state index is 0.176. The predicted octanol–water partition coefficient (Wildman–Crippen LogP) is 6.76. The highest BCUT2D eigenvalue weighted by molar-refractivity contribution is 14.1. The van der Waals surface area contributed by atoms with E-state index in [2.05, 4.69) is 27.6 Å². The van der Waals surface area contributed by atoms with Crippen molar-refractivity contribution in [3.63, 3.8) is 0 Å². The van der Waals surface area contributed by atoms with Gasteiger partial charge in [-0.1, -0.05) is 18.2 Å². The Kier molecular flexibility index (Phi) is 6.19. The van der Waals surface area contributed by atoms with Gasteiger partial charge in [0.1, 0.15) is 0 Å². The third-order valence-electron chi connectivity index (χ3n) is 4.66. The van der Waals surface area contributed by atoms with Crippen molar-refractivity contribution >= 4 is 33.5 Å². The molecule has 0 bridgehead atoms. The molecule has 0 aliphatic rings. The molecule has 29 heavy (non-hydrogen) atoms. The summed E-state index contributed by atoms with van der Waals surface area (Å²) in [4.78, 5) is 2.84. The molecule has 3 N–H and O–H groups in total. The number of hydrogen-bond donors (Lipinski definition) is 2. The standard InChI is InChI=1S/C20H17F6IN2/c21-19(22,23)11-9-14(20(24,25)26)17-13(6-3-4-8-28)18(29-16(17)10-11)12-5-1-2-7-15(12)27/h1-2,5,7,9-10,29H,3-4,6,8,28H2. The lowest BCUT2D eigenvalue weighted by molar-refractivity contribution is -0.142. The maximum atomic E-state index is 13.7. The first-order valence-electron chi connectivity index (χ1n) is 8.82. The number of H-pyrrole nitrogens is 1. The zero-order valence-electron chi connectivity index (χ0n) is 15.0. The van der Waals surface area contributed by atoms with Crippen molar-refractivity contribution in [3.05, 3.63) is 56.7 Å². The van der Waals surface area contributed by atoms with Crippen LogP contribution in [0.4, 0.5) is 26.3 Å². The normalized spacial score (nSPS) is 12.7. The number of aromatic amines is 1. The number of alkyl halides is 6. The van der Waals surface area contributed by atoms with E-state index in [9.17, 15) is 26.3 Å². The predicted molar refractivity (Wildman–Crippen MR) is 108 cm³/mol. The molecule has 3 aromatic rings. The van der Waals surface area contributed by atoms with Crippen LogP contribution >= 0.6 is 22.6 Å². The zero-order valence-corrected chi connectivity index (χ0v) is 17.2. The summed E-state index contributed by atoms with van der Waals surface area (Å²) >= 11 is 2.05. The fourth-order valence-corrected chi connectivity index (χ4v) is 4.04. The van der Waals surface area contributed by atoms with E-state index in [0.717, 1.165) is 9.64 Å². The molecule has 0 aliphatic carbocycles. The van der Waals surface area contributed by atoms with Gasteiger partial charge in [0, 0.05) is 20.0 Å². The van der Waals surface area contributed by atoms with Crippen molar-refractivity contribution in [2.45, 2.75) is 31.6 Å². The highest BCUT2D eigenvalue weighted by Gasteiger charge is 2.39. The summed E-state index contributed by atoms with van der Waals surface area (Å²) in [6, 6.07) is 7.98. The maximum absolute atomic E-state index is 13.7. The van der Waals surface area contributed by atoms with E-state index in [0.29, 0.717) is 36.2 Å². The Balaban J connectivity index is 2.36. The summed E-state index contributed by atoms with van der Waals surface area (Å²) in [7, 11) is 0. The Morgan fingerprint density at radius 1 is 0.931 bits per heavy atom. The van der Waals surface area contributed by atoms with E-state index in [1.807, 2.05) is 0 Å². The van der Waals surface area contributed by atoms with Crippen molar-refractivity contribution in [1.82, 2.24) is 4.98 Å². The minimum Gasteiger partial charge on any atom is -0.354 e. The summed E-state index contributed by atoms with van der Waals surface area (Å²) in [5, 5.41) is -0.211. The highest BCUT2D eigenvalue weighted by Crippen LogP contribution is 2.44. The number of hydrogen-bond acceptors (Lipinski definition) is 1. The van der Waals surface area contributed by atoms with Gasteiger partial charge in [0.25, 0.3) is 0 Å². The average molecular weight is 526 g/mol. The van der Waals surface area contributed by atoms with Gasteiger partial charge >= 0.3 is 12.4 Å². The quantitative estimate of drug-likeness (QED) is 0.216. The third-order valence-corrected chi connectivity index (χ3v) is 5.60. The van der Waals surface area contributed by atoms with Crippen molar-refractivity contribution in [2.75, 3.05) is 6.54 Å². The van der Waals surface area contributed by atoms with Gasteiger partial charge in [-0.3, -0.25) is 0 Å². The smallest absolute Gasteiger partial charge is 0.354 e. The fourth-order valence-electron chi connectivity index (χ4n) is 3.38. The first-order chi connectivity index (χ1) is 13.5. The molecule has 2 aromatic carbocycles. The molecular weight excluding hydrogens is 509 g/mol. The number of aromatic nitrogens is 1. The van der Waals surface area contributed by atoms with Crippen LogP contribution in [-0.4, -0.2) is 11.5 Å². The van der Waals surface area contributed by atoms with Gasteiger partial charge in [0.15, 0.2) is 0 Å². The number of nitrogens with two attached hydrogens (primary N) is 1. The molecule has 2 nitrogen and oxygen atoms in total. The molecule has 0 atom stereocenters. The molecule has 9 heteroatoms. The molecule has 1 aromatic heterocycles. The Morgan fingerprint density at radius 3 is 2.21 bits per heavy atom. The lowest BCUT2D eigenvalue weighted by Gasteiger charge is -2.14. The van der Waals surface area contributed by atoms with Gasteiger partial charge in [0.05, 0.1) is 16.8 Å². The molecule has 0 unspecified atom stereocenters. The van der Waals surface area contributed by atoms with Crippen molar-refractivity contribution in [3.8, 4) is 11.3 Å². The molecule has 3 rings (SSSR count). The summed E-state index contributed by atoms with van der Waals surface area (Å²) in [6.45, 7) is 0.380. The number of nitrogens with one attached hydrogen (secondary N) is 1. The zero-order chi connectivity index (χ0) is 21.4. The average Bonchev–Trinajstić information content (AvgIpc) is 2.98. The molecule has 0 radical (unpaired) electrons. The van der Waals surface area contributed by atoms with E-state index >= 15 is 0 Å². The number of benzene rings is 2. The minimum atomic E-state index is -4.93. The number of rotatable bonds is 5. The Morgan fingerprint density at radius 2 is 1.62 bits per heavy atom. The van der Waals surface area contributed by atoms with Crippen molar-refractivity contribution < 1.29 is 26.3 Å². The summed E-state index contributed by atoms with van der Waals surface area (Å²) < 4.78 is 81.7. The van der Waals surface area contributed by atoms with Crippen LogP contribution in [0.2, 0.25) is 0 Å². The number of unbranched alkanes of at least 4 members (excludes halogenated alkanes) is 1.